The molecule has 1 amide bonds. The van der Waals surface area contributed by atoms with Crippen molar-refractivity contribution in [3.8, 4) is 11.5 Å². The summed E-state index contributed by atoms with van der Waals surface area (Å²) < 4.78 is 10.5. The van der Waals surface area contributed by atoms with Crippen LogP contribution in [0.25, 0.3) is 0 Å². The molecule has 1 heterocycles. The summed E-state index contributed by atoms with van der Waals surface area (Å²) in [6.45, 7) is 1.77. The van der Waals surface area contributed by atoms with Gasteiger partial charge in [0.25, 0.3) is 0 Å². The van der Waals surface area contributed by atoms with E-state index in [0.29, 0.717) is 22.7 Å². The SMILES string of the molecule is CC(=O)Nc1cc2c(cc1C(=O)CN(C)C)OCO2. The van der Waals surface area contributed by atoms with Crippen molar-refractivity contribution in [3.05, 3.63) is 17.7 Å². The monoisotopic (exact) mass is 264 g/mol. The molecule has 0 spiro atoms. The van der Waals surface area contributed by atoms with E-state index < -0.39 is 0 Å². The van der Waals surface area contributed by atoms with E-state index in [4.69, 9.17) is 9.47 Å². The summed E-state index contributed by atoms with van der Waals surface area (Å²) in [6.07, 6.45) is 0. The highest BCUT2D eigenvalue weighted by Gasteiger charge is 2.21. The second-order valence-electron chi connectivity index (χ2n) is 4.59. The number of carbonyl (C=O) groups excluding carboxylic acids is 2. The summed E-state index contributed by atoms with van der Waals surface area (Å²) in [4.78, 5) is 25.1. The van der Waals surface area contributed by atoms with Gasteiger partial charge in [0.15, 0.2) is 17.3 Å². The van der Waals surface area contributed by atoms with Gasteiger partial charge in [0.1, 0.15) is 0 Å². The third-order valence-electron chi connectivity index (χ3n) is 2.58. The van der Waals surface area contributed by atoms with Crippen molar-refractivity contribution in [3.63, 3.8) is 0 Å². The van der Waals surface area contributed by atoms with E-state index in [0.717, 1.165) is 0 Å². The molecule has 1 aliphatic heterocycles. The Morgan fingerprint density at radius 1 is 1.26 bits per heavy atom. The summed E-state index contributed by atoms with van der Waals surface area (Å²) in [5.74, 6) is 0.728. The summed E-state index contributed by atoms with van der Waals surface area (Å²) in [6, 6.07) is 3.23. The molecule has 6 nitrogen and oxygen atoms in total. The largest absolute Gasteiger partial charge is 0.454 e. The fraction of sp³-hybridized carbons (Fsp3) is 0.385. The second kappa shape index (κ2) is 5.27. The van der Waals surface area contributed by atoms with E-state index in [2.05, 4.69) is 5.32 Å². The Morgan fingerprint density at radius 3 is 2.47 bits per heavy atom. The third kappa shape index (κ3) is 3.03. The number of nitrogens with one attached hydrogen (secondary N) is 1. The van der Waals surface area contributed by atoms with Gasteiger partial charge in [0.05, 0.1) is 12.2 Å². The minimum absolute atomic E-state index is 0.0907. The molecular weight excluding hydrogens is 248 g/mol. The molecular formula is C13H16N2O4. The zero-order chi connectivity index (χ0) is 14.0. The molecule has 19 heavy (non-hydrogen) atoms. The van der Waals surface area contributed by atoms with Gasteiger partial charge in [-0.3, -0.25) is 9.59 Å². The molecule has 1 aromatic rings. The highest BCUT2D eigenvalue weighted by Crippen LogP contribution is 2.37. The molecule has 0 saturated carbocycles. The van der Waals surface area contributed by atoms with E-state index in [-0.39, 0.29) is 25.0 Å². The van der Waals surface area contributed by atoms with Gasteiger partial charge in [-0.05, 0) is 20.2 Å². The lowest BCUT2D eigenvalue weighted by Crippen LogP contribution is -2.23. The number of amides is 1. The molecule has 0 aromatic heterocycles. The van der Waals surface area contributed by atoms with Crippen molar-refractivity contribution in [2.24, 2.45) is 0 Å². The van der Waals surface area contributed by atoms with Crippen LogP contribution >= 0.6 is 0 Å². The Kier molecular flexibility index (Phi) is 3.71. The van der Waals surface area contributed by atoms with Crippen molar-refractivity contribution >= 4 is 17.4 Å². The maximum Gasteiger partial charge on any atom is 0.231 e. The van der Waals surface area contributed by atoms with E-state index in [9.17, 15) is 9.59 Å². The zero-order valence-electron chi connectivity index (χ0n) is 11.1. The molecule has 0 radical (unpaired) electrons. The Bertz CT molecular complexity index is 526. The van der Waals surface area contributed by atoms with Crippen LogP contribution in [-0.2, 0) is 4.79 Å². The Balaban J connectivity index is 2.38. The van der Waals surface area contributed by atoms with Crippen LogP contribution in [-0.4, -0.2) is 44.0 Å². The quantitative estimate of drug-likeness (QED) is 0.825. The van der Waals surface area contributed by atoms with E-state index in [1.54, 1.807) is 17.0 Å². The van der Waals surface area contributed by atoms with Gasteiger partial charge in [-0.2, -0.15) is 0 Å². The minimum Gasteiger partial charge on any atom is -0.454 e. The van der Waals surface area contributed by atoms with Gasteiger partial charge < -0.3 is 19.7 Å². The first-order chi connectivity index (χ1) is 8.97. The number of ketones is 1. The van der Waals surface area contributed by atoms with Gasteiger partial charge in [0.2, 0.25) is 12.7 Å². The average molecular weight is 264 g/mol. The Morgan fingerprint density at radius 2 is 1.89 bits per heavy atom. The average Bonchev–Trinajstić information content (AvgIpc) is 2.72. The van der Waals surface area contributed by atoms with Crippen molar-refractivity contribution in [2.45, 2.75) is 6.92 Å². The number of likely N-dealkylation sites (N-methyl/N-ethyl adjacent to an activating group) is 1. The summed E-state index contributed by atoms with van der Waals surface area (Å²) in [5, 5.41) is 2.64. The molecule has 0 bridgehead atoms. The fourth-order valence-electron chi connectivity index (χ4n) is 1.84. The lowest BCUT2D eigenvalue weighted by molar-refractivity contribution is -0.114. The molecule has 1 N–H and O–H groups in total. The van der Waals surface area contributed by atoms with Crippen LogP contribution in [0.5, 0.6) is 11.5 Å². The maximum atomic E-state index is 12.2. The van der Waals surface area contributed by atoms with Gasteiger partial charge >= 0.3 is 0 Å². The summed E-state index contributed by atoms with van der Waals surface area (Å²) in [7, 11) is 3.62. The number of fused-ring (bicyclic) bond motifs is 1. The smallest absolute Gasteiger partial charge is 0.231 e. The molecule has 102 valence electrons. The van der Waals surface area contributed by atoms with Gasteiger partial charge in [0, 0.05) is 18.6 Å². The molecule has 1 aromatic carbocycles. The zero-order valence-corrected chi connectivity index (χ0v) is 11.1. The number of anilines is 1. The van der Waals surface area contributed by atoms with Crippen molar-refractivity contribution in [1.29, 1.82) is 0 Å². The normalized spacial score (nSPS) is 12.6. The lowest BCUT2D eigenvalue weighted by Gasteiger charge is -2.13. The standard InChI is InChI=1S/C13H16N2O4/c1-8(16)14-10-5-13-12(18-7-19-13)4-9(10)11(17)6-15(2)3/h4-5H,6-7H2,1-3H3,(H,14,16). The van der Waals surface area contributed by atoms with E-state index >= 15 is 0 Å². The highest BCUT2D eigenvalue weighted by atomic mass is 16.7. The minimum atomic E-state index is -0.238. The van der Waals surface area contributed by atoms with Crippen LogP contribution in [0.4, 0.5) is 5.69 Å². The molecule has 1 aliphatic rings. The maximum absolute atomic E-state index is 12.2. The first-order valence-electron chi connectivity index (χ1n) is 5.86. The highest BCUT2D eigenvalue weighted by molar-refractivity contribution is 6.06. The second-order valence-corrected chi connectivity index (χ2v) is 4.59. The molecule has 0 unspecified atom stereocenters. The van der Waals surface area contributed by atoms with Crippen LogP contribution in [0.3, 0.4) is 0 Å². The molecule has 0 saturated heterocycles. The van der Waals surface area contributed by atoms with Crippen LogP contribution in [0.2, 0.25) is 0 Å². The van der Waals surface area contributed by atoms with Crippen LogP contribution in [0, 0.1) is 0 Å². The summed E-state index contributed by atoms with van der Waals surface area (Å²) in [5.41, 5.74) is 0.872. The molecule has 0 fully saturated rings. The summed E-state index contributed by atoms with van der Waals surface area (Å²) >= 11 is 0. The topological polar surface area (TPSA) is 67.9 Å². The lowest BCUT2D eigenvalue weighted by atomic mass is 10.1. The molecule has 0 aliphatic carbocycles. The molecule has 2 rings (SSSR count). The first kappa shape index (κ1) is 13.4. The van der Waals surface area contributed by atoms with Crippen LogP contribution < -0.4 is 14.8 Å². The molecule has 0 atom stereocenters. The number of ether oxygens (including phenoxy) is 2. The first-order valence-corrected chi connectivity index (χ1v) is 5.86. The predicted octanol–water partition coefficient (Wildman–Crippen LogP) is 1.12. The fourth-order valence-corrected chi connectivity index (χ4v) is 1.84. The number of nitrogens with zero attached hydrogens (tertiary/aromatic N) is 1. The van der Waals surface area contributed by atoms with Crippen molar-refractivity contribution < 1.29 is 19.1 Å². The predicted molar refractivity (Wildman–Crippen MR) is 69.8 cm³/mol. The van der Waals surface area contributed by atoms with Gasteiger partial charge in [-0.15, -0.1) is 0 Å². The number of carbonyl (C=O) groups is 2. The number of benzene rings is 1. The number of rotatable bonds is 4. The Hall–Kier alpha value is -2.08. The van der Waals surface area contributed by atoms with Crippen molar-refractivity contribution in [2.75, 3.05) is 32.7 Å². The number of Topliss-reactive ketones (excluding diaryl/α,β-unsaturated/α-hetero) is 1. The third-order valence-corrected chi connectivity index (χ3v) is 2.58. The van der Waals surface area contributed by atoms with E-state index in [1.807, 2.05) is 14.1 Å². The number of hydrogen-bond donors (Lipinski definition) is 1. The van der Waals surface area contributed by atoms with Crippen LogP contribution in [0.15, 0.2) is 12.1 Å². The van der Waals surface area contributed by atoms with Crippen molar-refractivity contribution in [1.82, 2.24) is 4.90 Å². The number of hydrogen-bond acceptors (Lipinski definition) is 5. The van der Waals surface area contributed by atoms with Gasteiger partial charge in [-0.1, -0.05) is 0 Å². The van der Waals surface area contributed by atoms with Gasteiger partial charge in [-0.25, -0.2) is 0 Å². The van der Waals surface area contributed by atoms with E-state index in [1.165, 1.54) is 6.92 Å². The molecule has 6 heteroatoms. The Labute approximate surface area is 111 Å². The van der Waals surface area contributed by atoms with Crippen LogP contribution in [0.1, 0.15) is 17.3 Å².